The maximum Gasteiger partial charge on any atom is 0.231 e. The van der Waals surface area contributed by atoms with Crippen molar-refractivity contribution in [1.82, 2.24) is 9.97 Å². The molecule has 4 heteroatoms. The first-order valence-electron chi connectivity index (χ1n) is 5.06. The summed E-state index contributed by atoms with van der Waals surface area (Å²) >= 11 is 5.79. The van der Waals surface area contributed by atoms with Crippen LogP contribution >= 0.6 is 11.6 Å². The first-order valence-corrected chi connectivity index (χ1v) is 5.43. The fourth-order valence-electron chi connectivity index (χ4n) is 1.92. The van der Waals surface area contributed by atoms with E-state index in [-0.39, 0.29) is 5.78 Å². The van der Waals surface area contributed by atoms with Gasteiger partial charge in [-0.25, -0.2) is 9.97 Å². The van der Waals surface area contributed by atoms with Crippen LogP contribution in [0.5, 0.6) is 0 Å². The third-order valence-corrected chi connectivity index (χ3v) is 2.92. The zero-order valence-corrected chi connectivity index (χ0v) is 9.53. The highest BCUT2D eigenvalue weighted by atomic mass is 35.5. The van der Waals surface area contributed by atoms with E-state index in [0.717, 1.165) is 11.1 Å². The first-order chi connectivity index (χ1) is 8.20. The molecule has 0 N–H and O–H groups in total. The van der Waals surface area contributed by atoms with Crippen molar-refractivity contribution in [3.05, 3.63) is 53.1 Å². The van der Waals surface area contributed by atoms with Gasteiger partial charge in [0, 0.05) is 11.1 Å². The van der Waals surface area contributed by atoms with Gasteiger partial charge in [0.2, 0.25) is 5.78 Å². The Bertz CT molecular complexity index is 664. The predicted octanol–water partition coefficient (Wildman–Crippen LogP) is 2.98. The van der Waals surface area contributed by atoms with E-state index in [0.29, 0.717) is 22.2 Å². The van der Waals surface area contributed by atoms with Crippen LogP contribution in [-0.4, -0.2) is 15.8 Å². The molecule has 1 aliphatic rings. The summed E-state index contributed by atoms with van der Waals surface area (Å²) in [4.78, 5) is 20.4. The molecule has 2 aromatic heterocycles. The number of aromatic nitrogens is 2. The van der Waals surface area contributed by atoms with Crippen molar-refractivity contribution in [1.29, 1.82) is 0 Å². The van der Waals surface area contributed by atoms with Gasteiger partial charge in [-0.2, -0.15) is 0 Å². The van der Waals surface area contributed by atoms with Gasteiger partial charge in [0.25, 0.3) is 0 Å². The monoisotopic (exact) mass is 242 g/mol. The Morgan fingerprint density at radius 1 is 1.06 bits per heavy atom. The molecule has 0 amide bonds. The van der Waals surface area contributed by atoms with Crippen LogP contribution in [0, 0.1) is 0 Å². The molecule has 0 bridgehead atoms. The Balaban J connectivity index is 2.30. The molecular weight excluding hydrogens is 236 g/mol. The van der Waals surface area contributed by atoms with Gasteiger partial charge in [0.15, 0.2) is 0 Å². The van der Waals surface area contributed by atoms with Crippen LogP contribution in [0.25, 0.3) is 17.2 Å². The molecular formula is C13H7ClN2O. The quantitative estimate of drug-likeness (QED) is 0.616. The fourth-order valence-corrected chi connectivity index (χ4v) is 2.06. The normalized spacial score (nSPS) is 12.2. The van der Waals surface area contributed by atoms with Crippen LogP contribution in [0.2, 0.25) is 5.15 Å². The minimum atomic E-state index is -0.179. The smallest absolute Gasteiger partial charge is 0.231 e. The third-order valence-electron chi connectivity index (χ3n) is 2.71. The highest BCUT2D eigenvalue weighted by Gasteiger charge is 2.29. The molecule has 2 heterocycles. The Morgan fingerprint density at radius 2 is 1.71 bits per heavy atom. The van der Waals surface area contributed by atoms with Crippen molar-refractivity contribution in [3.8, 4) is 11.1 Å². The predicted molar refractivity (Wildman–Crippen MR) is 66.0 cm³/mol. The van der Waals surface area contributed by atoms with Crippen LogP contribution in [0.3, 0.4) is 0 Å². The van der Waals surface area contributed by atoms with Gasteiger partial charge in [0.1, 0.15) is 16.5 Å². The molecule has 0 atom stereocenters. The standard InChI is InChI=1S/C13H7ClN2O/c1-2-7-3-4-8-9-5-6-10(14)16-12(9)13(17)11(8)15-7/h2-6H,1H2. The number of rotatable bonds is 1. The second-order valence-electron chi connectivity index (χ2n) is 3.70. The van der Waals surface area contributed by atoms with Gasteiger partial charge >= 0.3 is 0 Å². The number of pyridine rings is 2. The summed E-state index contributed by atoms with van der Waals surface area (Å²) in [7, 11) is 0. The van der Waals surface area contributed by atoms with Gasteiger partial charge in [-0.1, -0.05) is 18.2 Å². The second kappa shape index (κ2) is 3.50. The molecule has 3 rings (SSSR count). The zero-order valence-electron chi connectivity index (χ0n) is 8.77. The van der Waals surface area contributed by atoms with E-state index in [9.17, 15) is 4.79 Å². The lowest BCUT2D eigenvalue weighted by molar-refractivity contribution is 0.103. The summed E-state index contributed by atoms with van der Waals surface area (Å²) in [5.74, 6) is -0.179. The van der Waals surface area contributed by atoms with E-state index in [2.05, 4.69) is 16.5 Å². The summed E-state index contributed by atoms with van der Waals surface area (Å²) in [6.45, 7) is 3.63. The van der Waals surface area contributed by atoms with Crippen molar-refractivity contribution in [2.75, 3.05) is 0 Å². The number of hydrogen-bond donors (Lipinski definition) is 0. The van der Waals surface area contributed by atoms with E-state index in [1.54, 1.807) is 18.2 Å². The number of carbonyl (C=O) groups excluding carboxylic acids is 1. The molecule has 2 aromatic rings. The summed E-state index contributed by atoms with van der Waals surface area (Å²) in [5.41, 5.74) is 3.07. The molecule has 0 saturated heterocycles. The summed E-state index contributed by atoms with van der Waals surface area (Å²) in [6.07, 6.45) is 1.61. The van der Waals surface area contributed by atoms with E-state index in [1.165, 1.54) is 0 Å². The molecule has 0 fully saturated rings. The average Bonchev–Trinajstić information content (AvgIpc) is 2.62. The Kier molecular flexibility index (Phi) is 2.09. The lowest BCUT2D eigenvalue weighted by Crippen LogP contribution is -2.01. The van der Waals surface area contributed by atoms with Crippen molar-refractivity contribution in [3.63, 3.8) is 0 Å². The highest BCUT2D eigenvalue weighted by Crippen LogP contribution is 2.35. The number of nitrogens with zero attached hydrogens (tertiary/aromatic N) is 2. The number of ketones is 1. The molecule has 3 nitrogen and oxygen atoms in total. The van der Waals surface area contributed by atoms with Gasteiger partial charge in [-0.15, -0.1) is 0 Å². The molecule has 0 radical (unpaired) electrons. The van der Waals surface area contributed by atoms with Crippen molar-refractivity contribution in [2.45, 2.75) is 0 Å². The maximum absolute atomic E-state index is 12.1. The SMILES string of the molecule is C=Cc1ccc2c(n1)C(=O)c1nc(Cl)ccc1-2. The zero-order chi connectivity index (χ0) is 12.0. The van der Waals surface area contributed by atoms with E-state index < -0.39 is 0 Å². The van der Waals surface area contributed by atoms with E-state index in [1.807, 2.05) is 12.1 Å². The number of carbonyl (C=O) groups is 1. The average molecular weight is 243 g/mol. The minimum absolute atomic E-state index is 0.179. The van der Waals surface area contributed by atoms with E-state index >= 15 is 0 Å². The third kappa shape index (κ3) is 1.40. The van der Waals surface area contributed by atoms with Crippen LogP contribution < -0.4 is 0 Å². The Hall–Kier alpha value is -2.00. The number of hydrogen-bond acceptors (Lipinski definition) is 3. The summed E-state index contributed by atoms with van der Waals surface area (Å²) in [5, 5.41) is 0.314. The van der Waals surface area contributed by atoms with Gasteiger partial charge in [-0.3, -0.25) is 4.79 Å². The molecule has 1 aliphatic carbocycles. The van der Waals surface area contributed by atoms with Crippen molar-refractivity contribution >= 4 is 23.5 Å². The molecule has 17 heavy (non-hydrogen) atoms. The maximum atomic E-state index is 12.1. The molecule has 0 aromatic carbocycles. The molecule has 82 valence electrons. The Morgan fingerprint density at radius 3 is 2.41 bits per heavy atom. The summed E-state index contributed by atoms with van der Waals surface area (Å²) < 4.78 is 0. The van der Waals surface area contributed by atoms with Gasteiger partial charge in [-0.05, 0) is 30.3 Å². The van der Waals surface area contributed by atoms with Crippen LogP contribution in [0.15, 0.2) is 30.8 Å². The largest absolute Gasteiger partial charge is 0.285 e. The fraction of sp³-hybridized carbons (Fsp3) is 0. The van der Waals surface area contributed by atoms with Crippen LogP contribution in [0.4, 0.5) is 0 Å². The topological polar surface area (TPSA) is 42.9 Å². The van der Waals surface area contributed by atoms with E-state index in [4.69, 9.17) is 11.6 Å². The lowest BCUT2D eigenvalue weighted by atomic mass is 10.1. The van der Waals surface area contributed by atoms with Crippen molar-refractivity contribution < 1.29 is 4.79 Å². The number of halogens is 1. The van der Waals surface area contributed by atoms with Crippen LogP contribution in [-0.2, 0) is 0 Å². The van der Waals surface area contributed by atoms with Crippen molar-refractivity contribution in [2.24, 2.45) is 0 Å². The van der Waals surface area contributed by atoms with Gasteiger partial charge < -0.3 is 0 Å². The second-order valence-corrected chi connectivity index (χ2v) is 4.08. The molecule has 0 unspecified atom stereocenters. The molecule has 0 spiro atoms. The molecule has 0 aliphatic heterocycles. The number of fused-ring (bicyclic) bond motifs is 3. The van der Waals surface area contributed by atoms with Crippen LogP contribution in [0.1, 0.15) is 21.9 Å². The summed E-state index contributed by atoms with van der Waals surface area (Å²) in [6, 6.07) is 7.15. The highest BCUT2D eigenvalue weighted by molar-refractivity contribution is 6.30. The Labute approximate surface area is 103 Å². The van der Waals surface area contributed by atoms with Gasteiger partial charge in [0.05, 0.1) is 5.69 Å². The molecule has 0 saturated carbocycles. The lowest BCUT2D eigenvalue weighted by Gasteiger charge is -1.99. The minimum Gasteiger partial charge on any atom is -0.285 e. The first kappa shape index (κ1) is 10.2.